The minimum Gasteiger partial charge on any atom is -0.452 e. The molecule has 0 unspecified atom stereocenters. The van der Waals surface area contributed by atoms with E-state index < -0.39 is 22.9 Å². The summed E-state index contributed by atoms with van der Waals surface area (Å²) in [6.07, 6.45) is -0.977. The summed E-state index contributed by atoms with van der Waals surface area (Å²) in [5, 5.41) is 13.6. The second-order valence-electron chi connectivity index (χ2n) is 5.50. The molecule has 0 heterocycles. The summed E-state index contributed by atoms with van der Waals surface area (Å²) in [5.41, 5.74) is 1.60. The molecule has 0 spiro atoms. The molecular weight excluding hydrogens is 356 g/mol. The van der Waals surface area contributed by atoms with E-state index in [2.05, 4.69) is 5.32 Å². The quantitative estimate of drug-likeness (QED) is 0.344. The molecule has 0 saturated heterocycles. The van der Waals surface area contributed by atoms with Crippen LogP contribution in [0.1, 0.15) is 12.5 Å². The van der Waals surface area contributed by atoms with Crippen LogP contribution in [0.4, 0.5) is 11.4 Å². The van der Waals surface area contributed by atoms with E-state index in [4.69, 9.17) is 4.74 Å². The van der Waals surface area contributed by atoms with Gasteiger partial charge in [0, 0.05) is 11.8 Å². The van der Waals surface area contributed by atoms with Crippen LogP contribution in [0.3, 0.4) is 0 Å². The van der Waals surface area contributed by atoms with Gasteiger partial charge >= 0.3 is 5.97 Å². The molecule has 0 aliphatic heterocycles. The third-order valence-electron chi connectivity index (χ3n) is 3.40. The van der Waals surface area contributed by atoms with Crippen molar-refractivity contribution in [2.24, 2.45) is 0 Å². The van der Waals surface area contributed by atoms with Crippen molar-refractivity contribution in [2.45, 2.75) is 24.8 Å². The average Bonchev–Trinajstić information content (AvgIpc) is 2.62. The first kappa shape index (κ1) is 19.5. The summed E-state index contributed by atoms with van der Waals surface area (Å²) in [5.74, 6) is -1.20. The molecule has 2 aromatic rings. The van der Waals surface area contributed by atoms with E-state index in [1.54, 1.807) is 30.3 Å². The maximum absolute atomic E-state index is 12.1. The number of para-hydroxylation sites is 1. The summed E-state index contributed by atoms with van der Waals surface area (Å²) < 4.78 is 5.09. The lowest BCUT2D eigenvalue weighted by molar-refractivity contribution is -0.387. The Hall–Kier alpha value is -2.87. The van der Waals surface area contributed by atoms with Crippen LogP contribution in [-0.4, -0.2) is 28.7 Å². The van der Waals surface area contributed by atoms with Crippen LogP contribution in [0, 0.1) is 17.0 Å². The number of nitrogens with zero attached hydrogens (tertiary/aromatic N) is 1. The van der Waals surface area contributed by atoms with Gasteiger partial charge in [0.1, 0.15) is 0 Å². The largest absolute Gasteiger partial charge is 0.452 e. The lowest BCUT2D eigenvalue weighted by Gasteiger charge is -2.13. The molecule has 7 nitrogen and oxygen atoms in total. The second kappa shape index (κ2) is 9.00. The number of ether oxygens (including phenoxy) is 1. The van der Waals surface area contributed by atoms with E-state index in [9.17, 15) is 19.7 Å². The van der Waals surface area contributed by atoms with E-state index in [-0.39, 0.29) is 11.4 Å². The number of rotatable bonds is 7. The van der Waals surface area contributed by atoms with Crippen LogP contribution in [0.5, 0.6) is 0 Å². The first-order valence-electron chi connectivity index (χ1n) is 7.80. The van der Waals surface area contributed by atoms with Gasteiger partial charge in [0.15, 0.2) is 6.10 Å². The molecule has 26 heavy (non-hydrogen) atoms. The van der Waals surface area contributed by atoms with E-state index in [1.165, 1.54) is 13.0 Å². The Kier molecular flexibility index (Phi) is 6.74. The molecule has 2 aromatic carbocycles. The number of thioether (sulfide) groups is 1. The van der Waals surface area contributed by atoms with E-state index in [1.807, 2.05) is 19.1 Å². The topological polar surface area (TPSA) is 98.5 Å². The van der Waals surface area contributed by atoms with Crippen LogP contribution in [0.2, 0.25) is 0 Å². The number of hydrogen-bond acceptors (Lipinski definition) is 6. The minimum absolute atomic E-state index is 0.0736. The summed E-state index contributed by atoms with van der Waals surface area (Å²) >= 11 is 0.995. The SMILES string of the molecule is Cc1ccc(NC(=O)[C@@H](C)OC(=O)CSc2ccccc2[N+](=O)[O-])cc1. The zero-order valence-electron chi connectivity index (χ0n) is 14.3. The van der Waals surface area contributed by atoms with Gasteiger partial charge in [0.25, 0.3) is 11.6 Å². The number of benzene rings is 2. The zero-order valence-corrected chi connectivity index (χ0v) is 15.1. The fourth-order valence-electron chi connectivity index (χ4n) is 2.03. The van der Waals surface area contributed by atoms with Crippen LogP contribution in [0.15, 0.2) is 53.4 Å². The molecule has 0 radical (unpaired) electrons. The molecular formula is C18H18N2O5S. The number of anilines is 1. The Morgan fingerprint density at radius 2 is 1.85 bits per heavy atom. The number of amides is 1. The molecule has 0 aliphatic carbocycles. The molecule has 0 aliphatic rings. The molecule has 1 N–H and O–H groups in total. The maximum atomic E-state index is 12.1. The summed E-state index contributed by atoms with van der Waals surface area (Å²) in [6.45, 7) is 3.40. The van der Waals surface area contributed by atoms with Gasteiger partial charge in [0.05, 0.1) is 15.6 Å². The first-order valence-corrected chi connectivity index (χ1v) is 8.78. The lowest BCUT2D eigenvalue weighted by Crippen LogP contribution is -2.30. The van der Waals surface area contributed by atoms with Crippen molar-refractivity contribution in [3.63, 3.8) is 0 Å². The average molecular weight is 374 g/mol. The van der Waals surface area contributed by atoms with Gasteiger partial charge in [-0.1, -0.05) is 29.8 Å². The van der Waals surface area contributed by atoms with Gasteiger partial charge < -0.3 is 10.1 Å². The van der Waals surface area contributed by atoms with Gasteiger partial charge in [-0.15, -0.1) is 11.8 Å². The van der Waals surface area contributed by atoms with Crippen molar-refractivity contribution in [2.75, 3.05) is 11.1 Å². The first-order chi connectivity index (χ1) is 12.4. The summed E-state index contributed by atoms with van der Waals surface area (Å²) in [6, 6.07) is 13.4. The van der Waals surface area contributed by atoms with Gasteiger partial charge in [-0.25, -0.2) is 0 Å². The number of nitrogens with one attached hydrogen (secondary N) is 1. The summed E-state index contributed by atoms with van der Waals surface area (Å²) in [7, 11) is 0. The third kappa shape index (κ3) is 5.59. The number of esters is 1. The standard InChI is InChI=1S/C18H18N2O5S/c1-12-7-9-14(10-8-12)19-18(22)13(2)25-17(21)11-26-16-6-4-3-5-15(16)20(23)24/h3-10,13H,11H2,1-2H3,(H,19,22)/t13-/m1/s1. The highest BCUT2D eigenvalue weighted by Crippen LogP contribution is 2.28. The van der Waals surface area contributed by atoms with Crippen LogP contribution >= 0.6 is 11.8 Å². The normalized spacial score (nSPS) is 11.5. The lowest BCUT2D eigenvalue weighted by atomic mass is 10.2. The number of carbonyl (C=O) groups excluding carboxylic acids is 2. The van der Waals surface area contributed by atoms with Crippen LogP contribution < -0.4 is 5.32 Å². The highest BCUT2D eigenvalue weighted by Gasteiger charge is 2.19. The minimum atomic E-state index is -0.977. The number of nitro groups is 1. The van der Waals surface area contributed by atoms with Crippen LogP contribution in [0.25, 0.3) is 0 Å². The highest BCUT2D eigenvalue weighted by molar-refractivity contribution is 8.00. The highest BCUT2D eigenvalue weighted by atomic mass is 32.2. The molecule has 8 heteroatoms. The van der Waals surface area contributed by atoms with Crippen molar-refractivity contribution >= 4 is 35.0 Å². The Bertz CT molecular complexity index is 807. The Balaban J connectivity index is 1.86. The number of hydrogen-bond donors (Lipinski definition) is 1. The van der Waals surface area contributed by atoms with Crippen molar-refractivity contribution in [1.29, 1.82) is 0 Å². The van der Waals surface area contributed by atoms with E-state index in [0.29, 0.717) is 10.6 Å². The molecule has 1 atom stereocenters. The van der Waals surface area contributed by atoms with Gasteiger partial charge in [-0.05, 0) is 32.0 Å². The monoisotopic (exact) mass is 374 g/mol. The molecule has 0 saturated carbocycles. The molecule has 2 rings (SSSR count). The molecule has 136 valence electrons. The number of carbonyl (C=O) groups is 2. The van der Waals surface area contributed by atoms with E-state index in [0.717, 1.165) is 17.3 Å². The molecule has 0 fully saturated rings. The molecule has 0 bridgehead atoms. The Morgan fingerprint density at radius 3 is 2.50 bits per heavy atom. The van der Waals surface area contributed by atoms with E-state index >= 15 is 0 Å². The Morgan fingerprint density at radius 1 is 1.19 bits per heavy atom. The molecule has 0 aromatic heterocycles. The van der Waals surface area contributed by atoms with Gasteiger partial charge in [0.2, 0.25) is 0 Å². The van der Waals surface area contributed by atoms with Crippen molar-refractivity contribution in [3.05, 3.63) is 64.2 Å². The third-order valence-corrected chi connectivity index (χ3v) is 4.44. The maximum Gasteiger partial charge on any atom is 0.317 e. The van der Waals surface area contributed by atoms with Crippen LogP contribution in [-0.2, 0) is 14.3 Å². The predicted octanol–water partition coefficient (Wildman–Crippen LogP) is 3.57. The van der Waals surface area contributed by atoms with Crippen molar-refractivity contribution in [3.8, 4) is 0 Å². The number of nitro benzene ring substituents is 1. The zero-order chi connectivity index (χ0) is 19.1. The van der Waals surface area contributed by atoms with Crippen molar-refractivity contribution < 1.29 is 19.2 Å². The molecule has 1 amide bonds. The van der Waals surface area contributed by atoms with Crippen molar-refractivity contribution in [1.82, 2.24) is 0 Å². The predicted molar refractivity (Wildman–Crippen MR) is 99.2 cm³/mol. The van der Waals surface area contributed by atoms with Gasteiger partial charge in [-0.3, -0.25) is 19.7 Å². The second-order valence-corrected chi connectivity index (χ2v) is 6.52. The fourth-order valence-corrected chi connectivity index (χ4v) is 2.84. The fraction of sp³-hybridized carbons (Fsp3) is 0.222. The summed E-state index contributed by atoms with van der Waals surface area (Å²) in [4.78, 5) is 34.8. The van der Waals surface area contributed by atoms with Gasteiger partial charge in [-0.2, -0.15) is 0 Å². The number of aryl methyl sites for hydroxylation is 1. The smallest absolute Gasteiger partial charge is 0.317 e. The Labute approximate surface area is 154 Å².